The van der Waals surface area contributed by atoms with E-state index in [4.69, 9.17) is 10.5 Å². The Balaban J connectivity index is 1.65. The summed E-state index contributed by atoms with van der Waals surface area (Å²) in [4.78, 5) is 30.9. The van der Waals surface area contributed by atoms with E-state index in [0.29, 0.717) is 31.1 Å². The van der Waals surface area contributed by atoms with Crippen LogP contribution in [0.5, 0.6) is 5.75 Å². The molecule has 2 aliphatic heterocycles. The molecule has 27 heavy (non-hydrogen) atoms. The first-order chi connectivity index (χ1) is 13.1. The number of nitrogens with zero attached hydrogens (tertiary/aromatic N) is 4. The molecule has 1 saturated heterocycles. The van der Waals surface area contributed by atoms with Gasteiger partial charge in [0.25, 0.3) is 5.91 Å². The molecule has 8 nitrogen and oxygen atoms in total. The second kappa shape index (κ2) is 7.32. The second-order valence-electron chi connectivity index (χ2n) is 6.77. The molecule has 2 unspecified atom stereocenters. The highest BCUT2D eigenvalue weighted by Gasteiger charge is 2.43. The van der Waals surface area contributed by atoms with Gasteiger partial charge in [-0.3, -0.25) is 14.5 Å². The van der Waals surface area contributed by atoms with Gasteiger partial charge in [0.2, 0.25) is 5.91 Å². The monoisotopic (exact) mass is 387 g/mol. The van der Waals surface area contributed by atoms with E-state index in [1.807, 2.05) is 24.3 Å². The Morgan fingerprint density at radius 2 is 2.15 bits per heavy atom. The van der Waals surface area contributed by atoms with Crippen molar-refractivity contribution in [2.75, 3.05) is 20.2 Å². The number of carbonyl (C=O) groups excluding carboxylic acids is 2. The number of methoxy groups -OCH3 is 1. The SMILES string of the molecule is COc1cccc(C(C2Sc3ncnn3C2=O)N2CCC(C(N)=O)CC2)c1. The summed E-state index contributed by atoms with van der Waals surface area (Å²) in [5.41, 5.74) is 6.48. The molecule has 4 rings (SSSR count). The van der Waals surface area contributed by atoms with Gasteiger partial charge in [-0.25, -0.2) is 4.98 Å². The van der Waals surface area contributed by atoms with Gasteiger partial charge in [0.05, 0.1) is 13.2 Å². The lowest BCUT2D eigenvalue weighted by atomic mass is 9.92. The van der Waals surface area contributed by atoms with Gasteiger partial charge in [-0.15, -0.1) is 0 Å². The Morgan fingerprint density at radius 3 is 2.81 bits per heavy atom. The van der Waals surface area contributed by atoms with Crippen molar-refractivity contribution in [3.05, 3.63) is 36.2 Å². The van der Waals surface area contributed by atoms with Crippen molar-refractivity contribution in [2.24, 2.45) is 11.7 Å². The molecule has 2 aliphatic rings. The first-order valence-electron chi connectivity index (χ1n) is 8.86. The lowest BCUT2D eigenvalue weighted by molar-refractivity contribution is -0.123. The predicted octanol–water partition coefficient (Wildman–Crippen LogP) is 1.34. The Bertz CT molecular complexity index is 862. The summed E-state index contributed by atoms with van der Waals surface area (Å²) < 4.78 is 6.75. The van der Waals surface area contributed by atoms with E-state index in [9.17, 15) is 9.59 Å². The molecule has 142 valence electrons. The predicted molar refractivity (Wildman–Crippen MR) is 99.5 cm³/mol. The topological polar surface area (TPSA) is 103 Å². The highest BCUT2D eigenvalue weighted by Crippen LogP contribution is 2.42. The summed E-state index contributed by atoms with van der Waals surface area (Å²) in [6.45, 7) is 1.41. The van der Waals surface area contributed by atoms with E-state index >= 15 is 0 Å². The maximum Gasteiger partial charge on any atom is 0.264 e. The molecular formula is C18H21N5O3S. The number of thioether (sulfide) groups is 1. The number of aromatic nitrogens is 3. The van der Waals surface area contributed by atoms with Crippen LogP contribution < -0.4 is 10.5 Å². The Morgan fingerprint density at radius 1 is 1.37 bits per heavy atom. The van der Waals surface area contributed by atoms with E-state index in [2.05, 4.69) is 15.0 Å². The standard InChI is InChI=1S/C18H21N5O3S/c1-26-13-4-2-3-12(9-13)14(22-7-5-11(6-8-22)16(19)24)15-17(25)23-18(27-15)20-10-21-23/h2-4,9-11,14-15H,5-8H2,1H3,(H2,19,24). The minimum Gasteiger partial charge on any atom is -0.497 e. The largest absolute Gasteiger partial charge is 0.497 e. The number of likely N-dealkylation sites (tertiary alicyclic amines) is 1. The van der Waals surface area contributed by atoms with Gasteiger partial charge in [-0.2, -0.15) is 9.78 Å². The van der Waals surface area contributed by atoms with Crippen LogP contribution in [-0.4, -0.2) is 56.9 Å². The maximum absolute atomic E-state index is 12.9. The van der Waals surface area contributed by atoms with Crippen LogP contribution in [0.2, 0.25) is 0 Å². The number of hydrogen-bond acceptors (Lipinski definition) is 7. The third kappa shape index (κ3) is 3.32. The number of ether oxygens (including phenoxy) is 1. The molecule has 1 aromatic carbocycles. The van der Waals surface area contributed by atoms with E-state index in [0.717, 1.165) is 11.3 Å². The summed E-state index contributed by atoms with van der Waals surface area (Å²) in [6, 6.07) is 7.63. The number of carbonyl (C=O) groups is 2. The summed E-state index contributed by atoms with van der Waals surface area (Å²) in [5, 5.41) is 4.32. The molecule has 1 fully saturated rings. The number of benzene rings is 1. The van der Waals surface area contributed by atoms with Crippen molar-refractivity contribution in [2.45, 2.75) is 29.3 Å². The van der Waals surface area contributed by atoms with Crippen LogP contribution in [0, 0.1) is 5.92 Å². The number of nitrogens with two attached hydrogens (primary N) is 1. The van der Waals surface area contributed by atoms with Crippen LogP contribution >= 0.6 is 11.8 Å². The molecule has 0 spiro atoms. The first-order valence-corrected chi connectivity index (χ1v) is 9.74. The molecule has 2 N–H and O–H groups in total. The van der Waals surface area contributed by atoms with Crippen LogP contribution in [0.4, 0.5) is 0 Å². The number of piperidine rings is 1. The van der Waals surface area contributed by atoms with Crippen LogP contribution in [0.25, 0.3) is 0 Å². The molecule has 0 bridgehead atoms. The fourth-order valence-electron chi connectivity index (χ4n) is 3.81. The Hall–Kier alpha value is -2.39. The molecule has 1 amide bonds. The van der Waals surface area contributed by atoms with Crippen LogP contribution in [-0.2, 0) is 4.79 Å². The number of fused-ring (bicyclic) bond motifs is 1. The molecule has 2 aromatic rings. The van der Waals surface area contributed by atoms with E-state index in [-0.39, 0.29) is 29.0 Å². The molecule has 0 saturated carbocycles. The summed E-state index contributed by atoms with van der Waals surface area (Å²) >= 11 is 1.43. The van der Waals surface area contributed by atoms with E-state index in [1.165, 1.54) is 22.8 Å². The fourth-order valence-corrected chi connectivity index (χ4v) is 5.04. The number of hydrogen-bond donors (Lipinski definition) is 1. The van der Waals surface area contributed by atoms with E-state index in [1.54, 1.807) is 7.11 Å². The van der Waals surface area contributed by atoms with Crippen molar-refractivity contribution in [3.63, 3.8) is 0 Å². The van der Waals surface area contributed by atoms with Crippen LogP contribution in [0.3, 0.4) is 0 Å². The second-order valence-corrected chi connectivity index (χ2v) is 7.87. The molecule has 2 atom stereocenters. The highest BCUT2D eigenvalue weighted by atomic mass is 32.2. The maximum atomic E-state index is 12.9. The zero-order chi connectivity index (χ0) is 19.0. The first kappa shape index (κ1) is 18.0. The van der Waals surface area contributed by atoms with Crippen molar-refractivity contribution in [1.82, 2.24) is 19.7 Å². The Kier molecular flexibility index (Phi) is 4.88. The van der Waals surface area contributed by atoms with Gasteiger partial charge in [-0.05, 0) is 43.6 Å². The van der Waals surface area contributed by atoms with Crippen molar-refractivity contribution >= 4 is 23.6 Å². The normalized spacial score (nSPS) is 21.8. The van der Waals surface area contributed by atoms with Crippen molar-refractivity contribution in [1.29, 1.82) is 0 Å². The lowest BCUT2D eigenvalue weighted by Gasteiger charge is -2.38. The fraction of sp³-hybridized carbons (Fsp3) is 0.444. The average molecular weight is 387 g/mol. The zero-order valence-electron chi connectivity index (χ0n) is 14.9. The van der Waals surface area contributed by atoms with Crippen LogP contribution in [0.1, 0.15) is 29.2 Å². The van der Waals surface area contributed by atoms with Gasteiger partial charge in [0.15, 0.2) is 5.16 Å². The molecule has 0 aliphatic carbocycles. The van der Waals surface area contributed by atoms with E-state index < -0.39 is 0 Å². The third-order valence-electron chi connectivity index (χ3n) is 5.25. The van der Waals surface area contributed by atoms with Crippen LogP contribution in [0.15, 0.2) is 35.7 Å². The van der Waals surface area contributed by atoms with Gasteiger partial charge < -0.3 is 10.5 Å². The van der Waals surface area contributed by atoms with Gasteiger partial charge in [0.1, 0.15) is 17.3 Å². The number of rotatable bonds is 5. The third-order valence-corrected chi connectivity index (χ3v) is 6.45. The minimum atomic E-state index is -0.349. The Labute approximate surface area is 161 Å². The molecule has 3 heterocycles. The van der Waals surface area contributed by atoms with Gasteiger partial charge >= 0.3 is 0 Å². The van der Waals surface area contributed by atoms with Gasteiger partial charge in [0, 0.05) is 5.92 Å². The summed E-state index contributed by atoms with van der Waals surface area (Å²) in [5.74, 6) is 0.327. The lowest BCUT2D eigenvalue weighted by Crippen LogP contribution is -2.45. The number of primary amides is 1. The van der Waals surface area contributed by atoms with Crippen molar-refractivity contribution < 1.29 is 14.3 Å². The number of amides is 1. The summed E-state index contributed by atoms with van der Waals surface area (Å²) in [7, 11) is 1.63. The smallest absolute Gasteiger partial charge is 0.264 e. The average Bonchev–Trinajstić information content (AvgIpc) is 3.26. The zero-order valence-corrected chi connectivity index (χ0v) is 15.8. The molecular weight excluding hydrogens is 366 g/mol. The summed E-state index contributed by atoms with van der Waals surface area (Å²) in [6.07, 6.45) is 2.80. The highest BCUT2D eigenvalue weighted by molar-refractivity contribution is 8.00. The van der Waals surface area contributed by atoms with Crippen molar-refractivity contribution in [3.8, 4) is 5.75 Å². The molecule has 0 radical (unpaired) electrons. The molecule has 9 heteroatoms. The molecule has 1 aromatic heterocycles. The quantitative estimate of drug-likeness (QED) is 0.826. The minimum absolute atomic E-state index is 0.0719. The van der Waals surface area contributed by atoms with Gasteiger partial charge in [-0.1, -0.05) is 23.9 Å².